The molecule has 0 spiro atoms. The highest BCUT2D eigenvalue weighted by molar-refractivity contribution is 5.61. The van der Waals surface area contributed by atoms with Crippen LogP contribution in [0.1, 0.15) is 50.2 Å². The normalized spacial score (nSPS) is 12.4. The highest BCUT2D eigenvalue weighted by Crippen LogP contribution is 2.18. The third kappa shape index (κ3) is 3.50. The zero-order valence-electron chi connectivity index (χ0n) is 9.70. The van der Waals surface area contributed by atoms with Crippen LogP contribution in [-0.2, 0) is 11.2 Å². The quantitative estimate of drug-likeness (QED) is 0.645. The molecule has 0 N–H and O–H groups in total. The minimum Gasteiger partial charge on any atom is -0.303 e. The summed E-state index contributed by atoms with van der Waals surface area (Å²) in [5.74, 6) is 0.0743. The molecule has 0 aliphatic heterocycles. The second-order valence-corrected chi connectivity index (χ2v) is 4.00. The lowest BCUT2D eigenvalue weighted by atomic mass is 9.96. The minimum atomic E-state index is 0.0743. The zero-order chi connectivity index (χ0) is 11.1. The minimum absolute atomic E-state index is 0.0743. The average molecular weight is 204 g/mol. The molecule has 1 aromatic rings. The van der Waals surface area contributed by atoms with Crippen LogP contribution in [0.25, 0.3) is 0 Å². The van der Waals surface area contributed by atoms with E-state index in [2.05, 4.69) is 31.2 Å². The SMILES string of the molecule is CCCCc1ccc(C(C=O)CC)cc1. The first-order valence-electron chi connectivity index (χ1n) is 5.86. The van der Waals surface area contributed by atoms with Gasteiger partial charge >= 0.3 is 0 Å². The van der Waals surface area contributed by atoms with Crippen LogP contribution in [0.5, 0.6) is 0 Å². The Labute approximate surface area is 92.5 Å². The Morgan fingerprint density at radius 3 is 2.33 bits per heavy atom. The van der Waals surface area contributed by atoms with Crippen molar-refractivity contribution in [3.63, 3.8) is 0 Å². The third-order valence-electron chi connectivity index (χ3n) is 2.83. The maximum absolute atomic E-state index is 10.8. The van der Waals surface area contributed by atoms with E-state index >= 15 is 0 Å². The summed E-state index contributed by atoms with van der Waals surface area (Å²) in [5, 5.41) is 0. The van der Waals surface area contributed by atoms with Crippen molar-refractivity contribution in [3.8, 4) is 0 Å². The highest BCUT2D eigenvalue weighted by atomic mass is 16.1. The van der Waals surface area contributed by atoms with Gasteiger partial charge < -0.3 is 4.79 Å². The van der Waals surface area contributed by atoms with Gasteiger partial charge in [-0.25, -0.2) is 0 Å². The fourth-order valence-electron chi connectivity index (χ4n) is 1.72. The van der Waals surface area contributed by atoms with Crippen LogP contribution in [0.15, 0.2) is 24.3 Å². The first-order valence-corrected chi connectivity index (χ1v) is 5.86. The van der Waals surface area contributed by atoms with Crippen molar-refractivity contribution in [1.29, 1.82) is 0 Å². The van der Waals surface area contributed by atoms with E-state index in [1.165, 1.54) is 18.4 Å². The number of hydrogen-bond acceptors (Lipinski definition) is 1. The summed E-state index contributed by atoms with van der Waals surface area (Å²) < 4.78 is 0. The molecule has 15 heavy (non-hydrogen) atoms. The molecule has 1 heteroatoms. The summed E-state index contributed by atoms with van der Waals surface area (Å²) in [6, 6.07) is 8.48. The lowest BCUT2D eigenvalue weighted by Gasteiger charge is -2.08. The first-order chi connectivity index (χ1) is 7.31. The Bertz CT molecular complexity index is 287. The molecule has 0 fully saturated rings. The van der Waals surface area contributed by atoms with E-state index in [0.29, 0.717) is 0 Å². The van der Waals surface area contributed by atoms with E-state index in [9.17, 15) is 4.79 Å². The molecular formula is C14H20O. The standard InChI is InChI=1S/C14H20O/c1-3-5-6-12-7-9-14(10-8-12)13(4-2)11-15/h7-11,13H,3-6H2,1-2H3. The number of rotatable bonds is 6. The average Bonchev–Trinajstić information content (AvgIpc) is 2.29. The maximum Gasteiger partial charge on any atom is 0.127 e. The van der Waals surface area contributed by atoms with Crippen LogP contribution in [0, 0.1) is 0 Å². The largest absolute Gasteiger partial charge is 0.303 e. The van der Waals surface area contributed by atoms with E-state index in [-0.39, 0.29) is 5.92 Å². The highest BCUT2D eigenvalue weighted by Gasteiger charge is 2.06. The van der Waals surface area contributed by atoms with E-state index in [1.54, 1.807) is 0 Å². The Morgan fingerprint density at radius 1 is 1.20 bits per heavy atom. The molecule has 82 valence electrons. The molecular weight excluding hydrogens is 184 g/mol. The Kier molecular flexibility index (Phi) is 5.09. The number of aryl methyl sites for hydroxylation is 1. The summed E-state index contributed by atoms with van der Waals surface area (Å²) in [5.41, 5.74) is 2.52. The monoisotopic (exact) mass is 204 g/mol. The summed E-state index contributed by atoms with van der Waals surface area (Å²) in [6.07, 6.45) is 5.55. The first kappa shape index (κ1) is 12.0. The van der Waals surface area contributed by atoms with Crippen molar-refractivity contribution in [1.82, 2.24) is 0 Å². The van der Waals surface area contributed by atoms with E-state index in [0.717, 1.165) is 24.7 Å². The molecule has 0 aliphatic carbocycles. The molecule has 0 saturated carbocycles. The lowest BCUT2D eigenvalue weighted by molar-refractivity contribution is -0.109. The van der Waals surface area contributed by atoms with E-state index < -0.39 is 0 Å². The molecule has 1 nitrogen and oxygen atoms in total. The molecule has 1 atom stereocenters. The molecule has 1 unspecified atom stereocenters. The Hall–Kier alpha value is -1.11. The smallest absolute Gasteiger partial charge is 0.127 e. The lowest BCUT2D eigenvalue weighted by Crippen LogP contribution is -1.98. The molecule has 0 amide bonds. The molecule has 1 rings (SSSR count). The number of hydrogen-bond donors (Lipinski definition) is 0. The van der Waals surface area contributed by atoms with Gasteiger partial charge in [0.25, 0.3) is 0 Å². The summed E-state index contributed by atoms with van der Waals surface area (Å²) >= 11 is 0. The van der Waals surface area contributed by atoms with Gasteiger partial charge in [-0.05, 0) is 30.4 Å². The fraction of sp³-hybridized carbons (Fsp3) is 0.500. The van der Waals surface area contributed by atoms with Gasteiger partial charge in [0.2, 0.25) is 0 Å². The van der Waals surface area contributed by atoms with Crippen LogP contribution >= 0.6 is 0 Å². The van der Waals surface area contributed by atoms with Crippen LogP contribution in [0.4, 0.5) is 0 Å². The van der Waals surface area contributed by atoms with Gasteiger partial charge in [-0.2, -0.15) is 0 Å². The van der Waals surface area contributed by atoms with Gasteiger partial charge in [0.1, 0.15) is 6.29 Å². The Morgan fingerprint density at radius 2 is 1.87 bits per heavy atom. The van der Waals surface area contributed by atoms with Crippen LogP contribution < -0.4 is 0 Å². The molecule has 0 aliphatic rings. The van der Waals surface area contributed by atoms with Gasteiger partial charge in [-0.15, -0.1) is 0 Å². The summed E-state index contributed by atoms with van der Waals surface area (Å²) in [4.78, 5) is 10.8. The van der Waals surface area contributed by atoms with Crippen molar-refractivity contribution in [3.05, 3.63) is 35.4 Å². The van der Waals surface area contributed by atoms with Gasteiger partial charge in [0.15, 0.2) is 0 Å². The molecule has 0 radical (unpaired) electrons. The second-order valence-electron chi connectivity index (χ2n) is 4.00. The predicted octanol–water partition coefficient (Wildman–Crippen LogP) is 3.72. The zero-order valence-corrected chi connectivity index (χ0v) is 9.70. The van der Waals surface area contributed by atoms with Crippen molar-refractivity contribution < 1.29 is 4.79 Å². The second kappa shape index (κ2) is 6.39. The molecule has 0 bridgehead atoms. The van der Waals surface area contributed by atoms with Crippen molar-refractivity contribution in [2.45, 2.75) is 45.4 Å². The van der Waals surface area contributed by atoms with Crippen molar-refractivity contribution in [2.75, 3.05) is 0 Å². The predicted molar refractivity (Wildman–Crippen MR) is 64.2 cm³/mol. The number of aldehydes is 1. The topological polar surface area (TPSA) is 17.1 Å². The summed E-state index contributed by atoms with van der Waals surface area (Å²) in [7, 11) is 0. The molecule has 1 aromatic carbocycles. The number of carbonyl (C=O) groups is 1. The number of unbranched alkanes of at least 4 members (excludes halogenated alkanes) is 1. The molecule has 0 saturated heterocycles. The van der Waals surface area contributed by atoms with Gasteiger partial charge in [0.05, 0.1) is 0 Å². The van der Waals surface area contributed by atoms with Gasteiger partial charge in [-0.1, -0.05) is 44.5 Å². The third-order valence-corrected chi connectivity index (χ3v) is 2.83. The van der Waals surface area contributed by atoms with Crippen LogP contribution in [-0.4, -0.2) is 6.29 Å². The fourth-order valence-corrected chi connectivity index (χ4v) is 1.72. The van der Waals surface area contributed by atoms with E-state index in [4.69, 9.17) is 0 Å². The Balaban J connectivity index is 2.66. The molecule has 0 aromatic heterocycles. The van der Waals surface area contributed by atoms with Crippen LogP contribution in [0.3, 0.4) is 0 Å². The summed E-state index contributed by atoms with van der Waals surface area (Å²) in [6.45, 7) is 4.25. The van der Waals surface area contributed by atoms with E-state index in [1.807, 2.05) is 6.92 Å². The number of benzene rings is 1. The van der Waals surface area contributed by atoms with Gasteiger partial charge in [-0.3, -0.25) is 0 Å². The van der Waals surface area contributed by atoms with Crippen LogP contribution in [0.2, 0.25) is 0 Å². The van der Waals surface area contributed by atoms with Crippen molar-refractivity contribution >= 4 is 6.29 Å². The number of carbonyl (C=O) groups excluding carboxylic acids is 1. The van der Waals surface area contributed by atoms with Gasteiger partial charge in [0, 0.05) is 5.92 Å². The maximum atomic E-state index is 10.8. The van der Waals surface area contributed by atoms with Crippen molar-refractivity contribution in [2.24, 2.45) is 0 Å². The molecule has 0 heterocycles.